The highest BCUT2D eigenvalue weighted by atomic mass is 19.1. The van der Waals surface area contributed by atoms with Gasteiger partial charge in [-0.3, -0.25) is 14.4 Å². The number of unbranched alkanes of at least 4 members (excludes halogenated alkanes) is 2. The summed E-state index contributed by atoms with van der Waals surface area (Å²) in [4.78, 5) is 48.6. The number of halogens is 1. The number of hydrogen-bond acceptors (Lipinski definition) is 9. The van der Waals surface area contributed by atoms with E-state index in [1.807, 2.05) is 58.2 Å². The average molecular weight is 721 g/mol. The molecule has 3 aromatic rings. The van der Waals surface area contributed by atoms with Gasteiger partial charge in [0.1, 0.15) is 24.4 Å². The molecule has 0 saturated heterocycles. The molecule has 3 N–H and O–H groups in total. The first kappa shape index (κ1) is 38.5. The first-order chi connectivity index (χ1) is 24.9. The van der Waals surface area contributed by atoms with Crippen LogP contribution in [0, 0.1) is 11.7 Å². The molecule has 2 heterocycles. The lowest BCUT2D eigenvalue weighted by Crippen LogP contribution is -2.48. The van der Waals surface area contributed by atoms with Gasteiger partial charge < -0.3 is 25.4 Å². The van der Waals surface area contributed by atoms with E-state index in [9.17, 15) is 18.8 Å². The van der Waals surface area contributed by atoms with Crippen LogP contribution >= 0.6 is 0 Å². The largest absolute Gasteiger partial charge is 0.445 e. The maximum atomic E-state index is 15.0. The topological polar surface area (TPSA) is 153 Å². The number of hydrogen-bond donors (Lipinski definition) is 3. The monoisotopic (exact) mass is 720 g/mol. The summed E-state index contributed by atoms with van der Waals surface area (Å²) in [7, 11) is 1.87. The summed E-state index contributed by atoms with van der Waals surface area (Å²) in [5.41, 5.74) is 2.22. The van der Waals surface area contributed by atoms with Crippen LogP contribution in [0.2, 0.25) is 0 Å². The number of benzene rings is 1. The summed E-state index contributed by atoms with van der Waals surface area (Å²) < 4.78 is 27.7. The number of nitrogens with one attached hydrogen (secondary N) is 3. The minimum atomic E-state index is -0.545. The third-order valence-electron chi connectivity index (χ3n) is 9.31. The maximum Gasteiger partial charge on any atom is 0.410 e. The number of ether oxygens (including phenoxy) is 2. The Hall–Kier alpha value is -4.75. The molecule has 3 amide bonds. The molecule has 2 aromatic heterocycles. The number of carbonyl (C=O) groups excluding carboxylic acids is 3. The van der Waals surface area contributed by atoms with Gasteiger partial charge in [-0.05, 0) is 96.5 Å². The SMILES string of the molecule is Cn1ncc(-c2nc(NC3CCC(N(CC(=O)NCCCCCNC(=O)OC(C)(C)C)C(=O)OCc4ccccc4)CC3)ncc2F)c1CC1CC1. The van der Waals surface area contributed by atoms with Gasteiger partial charge >= 0.3 is 12.2 Å². The highest BCUT2D eigenvalue weighted by molar-refractivity contribution is 5.82. The van der Waals surface area contributed by atoms with Crippen LogP contribution in [-0.2, 0) is 34.3 Å². The van der Waals surface area contributed by atoms with Gasteiger partial charge in [0.05, 0.1) is 12.4 Å². The number of nitrogens with zero attached hydrogens (tertiary/aromatic N) is 5. The molecule has 13 nitrogen and oxygen atoms in total. The Morgan fingerprint density at radius 2 is 1.67 bits per heavy atom. The van der Waals surface area contributed by atoms with Gasteiger partial charge in [-0.15, -0.1) is 0 Å². The van der Waals surface area contributed by atoms with E-state index < -0.39 is 23.6 Å². The number of carbonyl (C=O) groups is 3. The van der Waals surface area contributed by atoms with Crippen molar-refractivity contribution in [2.45, 2.75) is 109 Å². The summed E-state index contributed by atoms with van der Waals surface area (Å²) in [6.45, 7) is 6.38. The highest BCUT2D eigenvalue weighted by Crippen LogP contribution is 2.36. The molecule has 1 aromatic carbocycles. The van der Waals surface area contributed by atoms with Crippen molar-refractivity contribution in [3.63, 3.8) is 0 Å². The molecular formula is C38H53FN8O5. The van der Waals surface area contributed by atoms with E-state index in [1.165, 1.54) is 23.9 Å². The molecule has 2 aliphatic rings. The predicted molar refractivity (Wildman–Crippen MR) is 195 cm³/mol. The fraction of sp³-hybridized carbons (Fsp3) is 0.579. The molecule has 2 fully saturated rings. The average Bonchev–Trinajstić information content (AvgIpc) is 3.87. The third kappa shape index (κ3) is 11.9. The molecule has 0 bridgehead atoms. The zero-order valence-corrected chi connectivity index (χ0v) is 30.8. The summed E-state index contributed by atoms with van der Waals surface area (Å²) in [6.07, 6.45) is 10.1. The highest BCUT2D eigenvalue weighted by Gasteiger charge is 2.32. The van der Waals surface area contributed by atoms with Gasteiger partial charge in [0.25, 0.3) is 0 Å². The number of anilines is 1. The van der Waals surface area contributed by atoms with Crippen LogP contribution in [0.4, 0.5) is 19.9 Å². The Morgan fingerprint density at radius 3 is 2.37 bits per heavy atom. The second-order valence-electron chi connectivity index (χ2n) is 14.8. The maximum absolute atomic E-state index is 15.0. The molecule has 0 spiro atoms. The van der Waals surface area contributed by atoms with Crippen LogP contribution in [0.1, 0.15) is 89.8 Å². The molecule has 5 rings (SSSR count). The summed E-state index contributed by atoms with van der Waals surface area (Å²) in [6, 6.07) is 9.24. The summed E-state index contributed by atoms with van der Waals surface area (Å²) >= 11 is 0. The summed E-state index contributed by atoms with van der Waals surface area (Å²) in [5.74, 6) is 0.212. The zero-order valence-electron chi connectivity index (χ0n) is 30.8. The second-order valence-corrected chi connectivity index (χ2v) is 14.8. The minimum absolute atomic E-state index is 0.00946. The molecule has 0 atom stereocenters. The molecule has 0 unspecified atom stereocenters. The number of amides is 3. The van der Waals surface area contributed by atoms with E-state index in [-0.39, 0.29) is 36.8 Å². The number of alkyl carbamates (subject to hydrolysis) is 1. The lowest BCUT2D eigenvalue weighted by Gasteiger charge is -2.36. The van der Waals surface area contributed by atoms with Crippen LogP contribution in [-0.4, -0.2) is 80.1 Å². The molecule has 0 aliphatic heterocycles. The van der Waals surface area contributed by atoms with Gasteiger partial charge in [-0.25, -0.2) is 23.9 Å². The van der Waals surface area contributed by atoms with Crippen molar-refractivity contribution in [1.82, 2.24) is 35.3 Å². The van der Waals surface area contributed by atoms with Crippen LogP contribution in [0.15, 0.2) is 42.7 Å². The normalized spacial score (nSPS) is 17.2. The lowest BCUT2D eigenvalue weighted by molar-refractivity contribution is -0.122. The Bertz CT molecular complexity index is 1630. The van der Waals surface area contributed by atoms with Gasteiger partial charge in [0.2, 0.25) is 11.9 Å². The van der Waals surface area contributed by atoms with Crippen molar-refractivity contribution in [1.29, 1.82) is 0 Å². The van der Waals surface area contributed by atoms with Crippen molar-refractivity contribution in [2.75, 3.05) is 25.0 Å². The third-order valence-corrected chi connectivity index (χ3v) is 9.31. The van der Waals surface area contributed by atoms with Crippen molar-refractivity contribution in [2.24, 2.45) is 13.0 Å². The van der Waals surface area contributed by atoms with Gasteiger partial charge in [-0.2, -0.15) is 5.10 Å². The van der Waals surface area contributed by atoms with E-state index in [0.29, 0.717) is 56.2 Å². The molecule has 282 valence electrons. The Balaban J connectivity index is 1.12. The van der Waals surface area contributed by atoms with Crippen LogP contribution < -0.4 is 16.0 Å². The van der Waals surface area contributed by atoms with Crippen molar-refractivity contribution in [3.05, 3.63) is 59.8 Å². The molecule has 0 radical (unpaired) electrons. The molecule has 2 saturated carbocycles. The molecule has 52 heavy (non-hydrogen) atoms. The van der Waals surface area contributed by atoms with Gasteiger partial charge in [-0.1, -0.05) is 30.3 Å². The first-order valence-corrected chi connectivity index (χ1v) is 18.5. The van der Waals surface area contributed by atoms with Gasteiger partial charge in [0.15, 0.2) is 5.82 Å². The van der Waals surface area contributed by atoms with E-state index >= 15 is 0 Å². The molecule has 2 aliphatic carbocycles. The molecular weight excluding hydrogens is 667 g/mol. The Labute approximate surface area is 305 Å². The van der Waals surface area contributed by atoms with Crippen molar-refractivity contribution >= 4 is 24.0 Å². The van der Waals surface area contributed by atoms with Crippen molar-refractivity contribution < 1.29 is 28.2 Å². The Kier molecular flexibility index (Phi) is 13.4. The van der Waals surface area contributed by atoms with E-state index in [2.05, 4.69) is 31.0 Å². The second kappa shape index (κ2) is 18.1. The minimum Gasteiger partial charge on any atom is -0.445 e. The Morgan fingerprint density at radius 1 is 0.962 bits per heavy atom. The van der Waals surface area contributed by atoms with E-state index in [1.54, 1.807) is 10.9 Å². The van der Waals surface area contributed by atoms with E-state index in [4.69, 9.17) is 9.47 Å². The number of rotatable bonds is 16. The fourth-order valence-electron chi connectivity index (χ4n) is 6.35. The van der Waals surface area contributed by atoms with Crippen LogP contribution in [0.3, 0.4) is 0 Å². The van der Waals surface area contributed by atoms with Crippen LogP contribution in [0.25, 0.3) is 11.3 Å². The first-order valence-electron chi connectivity index (χ1n) is 18.5. The van der Waals surface area contributed by atoms with Crippen molar-refractivity contribution in [3.8, 4) is 11.3 Å². The number of aryl methyl sites for hydroxylation is 1. The predicted octanol–water partition coefficient (Wildman–Crippen LogP) is 6.14. The quantitative estimate of drug-likeness (QED) is 0.148. The smallest absolute Gasteiger partial charge is 0.410 e. The molecule has 14 heteroatoms. The standard InChI is InChI=1S/C38H53FN8O5/c1-38(2,3)52-36(49)41-20-10-6-9-19-40-33(48)24-47(37(50)51-25-27-11-7-5-8-12-27)29-17-15-28(16-18-29)44-35-42-23-31(39)34(45-35)30-22-43-46(4)32(30)21-26-13-14-26/h5,7-8,11-12,22-23,26,28-29H,6,9-10,13-21,24-25H2,1-4H3,(H,40,48)(H,41,49)(H,42,44,45). The van der Waals surface area contributed by atoms with Gasteiger partial charge in [0, 0.05) is 43.5 Å². The lowest BCUT2D eigenvalue weighted by atomic mass is 9.90. The number of aromatic nitrogens is 4. The fourth-order valence-corrected chi connectivity index (χ4v) is 6.35. The summed E-state index contributed by atoms with van der Waals surface area (Å²) in [5, 5.41) is 13.4. The van der Waals surface area contributed by atoms with E-state index in [0.717, 1.165) is 36.9 Å². The van der Waals surface area contributed by atoms with Crippen LogP contribution in [0.5, 0.6) is 0 Å². The zero-order chi connectivity index (χ0) is 37.1.